The Morgan fingerprint density at radius 1 is 1.46 bits per heavy atom. The van der Waals surface area contributed by atoms with E-state index in [-0.39, 0.29) is 29.7 Å². The van der Waals surface area contributed by atoms with E-state index in [1.807, 2.05) is 6.92 Å². The van der Waals surface area contributed by atoms with Crippen molar-refractivity contribution in [2.45, 2.75) is 51.7 Å². The number of rotatable bonds is 5. The molecule has 0 spiro atoms. The highest BCUT2D eigenvalue weighted by atomic mass is 16.5. The Morgan fingerprint density at radius 3 is 2.88 bits per heavy atom. The molecule has 130 valence electrons. The molecule has 0 bridgehead atoms. The SMILES string of the molecule is CC[C@H](C)c1cc(C(=O)N2C[C@@H](OC)C[C@@H]2c2nc(C)no2)on1. The molecule has 0 aromatic carbocycles. The zero-order chi connectivity index (χ0) is 17.3. The van der Waals surface area contributed by atoms with Gasteiger partial charge in [-0.2, -0.15) is 4.98 Å². The smallest absolute Gasteiger partial charge is 0.293 e. The van der Waals surface area contributed by atoms with Crippen LogP contribution < -0.4 is 0 Å². The number of aromatic nitrogens is 3. The van der Waals surface area contributed by atoms with Crippen molar-refractivity contribution < 1.29 is 18.6 Å². The quantitative estimate of drug-likeness (QED) is 0.829. The second-order valence-corrected chi connectivity index (χ2v) is 6.17. The Hall–Kier alpha value is -2.22. The standard InChI is InChI=1S/C16H22N4O4/c1-5-9(2)12-7-14(23-19-12)16(21)20-8-11(22-4)6-13(20)15-17-10(3)18-24-15/h7,9,11,13H,5-6,8H2,1-4H3/t9-,11-,13+/m0/s1. The van der Waals surface area contributed by atoms with Gasteiger partial charge in [-0.25, -0.2) is 0 Å². The molecule has 2 aromatic heterocycles. The summed E-state index contributed by atoms with van der Waals surface area (Å²) in [6, 6.07) is 1.40. The maximum atomic E-state index is 12.9. The normalized spacial score (nSPS) is 22.1. The van der Waals surface area contributed by atoms with E-state index in [0.717, 1.165) is 12.1 Å². The first-order chi connectivity index (χ1) is 11.5. The number of amides is 1. The summed E-state index contributed by atoms with van der Waals surface area (Å²) in [5.41, 5.74) is 0.786. The van der Waals surface area contributed by atoms with Gasteiger partial charge in [0.1, 0.15) is 6.04 Å². The summed E-state index contributed by atoms with van der Waals surface area (Å²) >= 11 is 0. The van der Waals surface area contributed by atoms with Gasteiger partial charge in [-0.1, -0.05) is 24.2 Å². The van der Waals surface area contributed by atoms with Crippen molar-refractivity contribution in [3.05, 3.63) is 29.2 Å². The minimum Gasteiger partial charge on any atom is -0.380 e. The molecule has 1 saturated heterocycles. The van der Waals surface area contributed by atoms with Crippen LogP contribution in [0.5, 0.6) is 0 Å². The number of ether oxygens (including phenoxy) is 1. The fourth-order valence-corrected chi connectivity index (χ4v) is 2.85. The first-order valence-electron chi connectivity index (χ1n) is 8.14. The summed E-state index contributed by atoms with van der Waals surface area (Å²) < 4.78 is 15.9. The van der Waals surface area contributed by atoms with Gasteiger partial charge in [-0.3, -0.25) is 4.79 Å². The number of hydrogen-bond donors (Lipinski definition) is 0. The van der Waals surface area contributed by atoms with Crippen LogP contribution in [0, 0.1) is 6.92 Å². The third-order valence-corrected chi connectivity index (χ3v) is 4.54. The molecule has 0 radical (unpaired) electrons. The molecule has 1 aliphatic rings. The average Bonchev–Trinajstić information content (AvgIpc) is 3.31. The second-order valence-electron chi connectivity index (χ2n) is 6.17. The summed E-state index contributed by atoms with van der Waals surface area (Å²) in [5.74, 6) is 1.19. The molecule has 0 saturated carbocycles. The van der Waals surface area contributed by atoms with Gasteiger partial charge >= 0.3 is 0 Å². The van der Waals surface area contributed by atoms with E-state index in [4.69, 9.17) is 13.8 Å². The maximum absolute atomic E-state index is 12.9. The molecular weight excluding hydrogens is 312 g/mol. The van der Waals surface area contributed by atoms with Gasteiger partial charge < -0.3 is 18.7 Å². The van der Waals surface area contributed by atoms with Crippen molar-refractivity contribution in [3.8, 4) is 0 Å². The van der Waals surface area contributed by atoms with Gasteiger partial charge in [0, 0.05) is 32.1 Å². The van der Waals surface area contributed by atoms with Gasteiger partial charge in [-0.05, 0) is 13.3 Å². The Balaban J connectivity index is 1.84. The number of aryl methyl sites for hydroxylation is 1. The highest BCUT2D eigenvalue weighted by molar-refractivity contribution is 5.92. The molecule has 24 heavy (non-hydrogen) atoms. The minimum absolute atomic E-state index is 0.0805. The maximum Gasteiger partial charge on any atom is 0.293 e. The molecule has 3 atom stereocenters. The average molecular weight is 334 g/mol. The van der Waals surface area contributed by atoms with Crippen LogP contribution in [0.15, 0.2) is 15.1 Å². The monoisotopic (exact) mass is 334 g/mol. The zero-order valence-electron chi connectivity index (χ0n) is 14.4. The lowest BCUT2D eigenvalue weighted by Crippen LogP contribution is -2.32. The zero-order valence-corrected chi connectivity index (χ0v) is 14.4. The molecule has 8 nitrogen and oxygen atoms in total. The van der Waals surface area contributed by atoms with E-state index < -0.39 is 0 Å². The van der Waals surface area contributed by atoms with Crippen LogP contribution in [-0.4, -0.2) is 45.9 Å². The van der Waals surface area contributed by atoms with Crippen molar-refractivity contribution in [1.29, 1.82) is 0 Å². The van der Waals surface area contributed by atoms with Crippen molar-refractivity contribution in [2.75, 3.05) is 13.7 Å². The summed E-state index contributed by atoms with van der Waals surface area (Å²) in [5, 5.41) is 7.83. The molecule has 1 fully saturated rings. The highest BCUT2D eigenvalue weighted by Gasteiger charge is 2.41. The topological polar surface area (TPSA) is 94.5 Å². The van der Waals surface area contributed by atoms with Crippen molar-refractivity contribution >= 4 is 5.91 Å². The highest BCUT2D eigenvalue weighted by Crippen LogP contribution is 2.34. The van der Waals surface area contributed by atoms with Gasteiger partial charge in [0.05, 0.1) is 11.8 Å². The van der Waals surface area contributed by atoms with Crippen LogP contribution in [0.25, 0.3) is 0 Å². The molecule has 8 heteroatoms. The van der Waals surface area contributed by atoms with Crippen molar-refractivity contribution in [3.63, 3.8) is 0 Å². The first kappa shape index (κ1) is 16.6. The van der Waals surface area contributed by atoms with E-state index in [2.05, 4.69) is 22.2 Å². The van der Waals surface area contributed by atoms with E-state index in [1.54, 1.807) is 25.0 Å². The second kappa shape index (κ2) is 6.72. The van der Waals surface area contributed by atoms with Gasteiger partial charge in [0.2, 0.25) is 11.7 Å². The minimum atomic E-state index is -0.319. The fourth-order valence-electron chi connectivity index (χ4n) is 2.85. The van der Waals surface area contributed by atoms with Crippen LogP contribution in [-0.2, 0) is 4.74 Å². The molecule has 2 aromatic rings. The van der Waals surface area contributed by atoms with Crippen LogP contribution >= 0.6 is 0 Å². The van der Waals surface area contributed by atoms with Crippen LogP contribution in [0.1, 0.15) is 66.6 Å². The number of likely N-dealkylation sites (tertiary alicyclic amines) is 1. The lowest BCUT2D eigenvalue weighted by molar-refractivity contribution is 0.0631. The predicted octanol–water partition coefficient (Wildman–Crippen LogP) is 2.48. The summed E-state index contributed by atoms with van der Waals surface area (Å²) in [6.45, 7) is 6.31. The van der Waals surface area contributed by atoms with Gasteiger partial charge in [-0.15, -0.1) is 0 Å². The largest absolute Gasteiger partial charge is 0.380 e. The summed E-state index contributed by atoms with van der Waals surface area (Å²) in [7, 11) is 1.63. The molecule has 1 aliphatic heterocycles. The van der Waals surface area contributed by atoms with Crippen molar-refractivity contribution in [2.24, 2.45) is 0 Å². The predicted molar refractivity (Wildman–Crippen MR) is 83.4 cm³/mol. The number of carbonyl (C=O) groups excluding carboxylic acids is 1. The lowest BCUT2D eigenvalue weighted by Gasteiger charge is -2.19. The summed E-state index contributed by atoms with van der Waals surface area (Å²) in [4.78, 5) is 18.8. The lowest BCUT2D eigenvalue weighted by atomic mass is 10.1. The third kappa shape index (κ3) is 3.06. The number of carbonyl (C=O) groups is 1. The number of hydrogen-bond acceptors (Lipinski definition) is 7. The van der Waals surface area contributed by atoms with Crippen LogP contribution in [0.2, 0.25) is 0 Å². The fraction of sp³-hybridized carbons (Fsp3) is 0.625. The number of methoxy groups -OCH3 is 1. The first-order valence-corrected chi connectivity index (χ1v) is 8.14. The van der Waals surface area contributed by atoms with E-state index in [0.29, 0.717) is 24.7 Å². The van der Waals surface area contributed by atoms with Crippen LogP contribution in [0.4, 0.5) is 0 Å². The molecule has 0 N–H and O–H groups in total. The van der Waals surface area contributed by atoms with Gasteiger partial charge in [0.25, 0.3) is 5.91 Å². The molecule has 1 amide bonds. The van der Waals surface area contributed by atoms with E-state index >= 15 is 0 Å². The Labute approximate surface area is 140 Å². The van der Waals surface area contributed by atoms with Crippen molar-refractivity contribution in [1.82, 2.24) is 20.2 Å². The van der Waals surface area contributed by atoms with Crippen LogP contribution in [0.3, 0.4) is 0 Å². The third-order valence-electron chi connectivity index (χ3n) is 4.54. The molecular formula is C16H22N4O4. The molecule has 0 aliphatic carbocycles. The number of nitrogens with zero attached hydrogens (tertiary/aromatic N) is 4. The molecule has 0 unspecified atom stereocenters. The van der Waals surface area contributed by atoms with E-state index in [1.165, 1.54) is 0 Å². The molecule has 3 rings (SSSR count). The summed E-state index contributed by atoms with van der Waals surface area (Å²) in [6.07, 6.45) is 1.46. The molecule has 3 heterocycles. The Morgan fingerprint density at radius 2 is 2.25 bits per heavy atom. The van der Waals surface area contributed by atoms with Gasteiger partial charge in [0.15, 0.2) is 5.82 Å². The Kier molecular flexibility index (Phi) is 4.66. The Bertz CT molecular complexity index is 711. The van der Waals surface area contributed by atoms with E-state index in [9.17, 15) is 4.79 Å².